The predicted molar refractivity (Wildman–Crippen MR) is 134 cm³/mol. The highest BCUT2D eigenvalue weighted by molar-refractivity contribution is 5.81. The Balaban J connectivity index is 1.53. The first-order valence-electron chi connectivity index (χ1n) is 12.4. The monoisotopic (exact) mass is 450 g/mol. The number of nitrogens with zero attached hydrogens (tertiary/aromatic N) is 3. The highest BCUT2D eigenvalue weighted by atomic mass is 16.2. The van der Waals surface area contributed by atoms with Crippen LogP contribution in [0.1, 0.15) is 57.2 Å². The van der Waals surface area contributed by atoms with Crippen molar-refractivity contribution in [2.24, 2.45) is 5.92 Å². The van der Waals surface area contributed by atoms with Gasteiger partial charge >= 0.3 is 0 Å². The van der Waals surface area contributed by atoms with Gasteiger partial charge in [0.2, 0.25) is 11.8 Å². The molecule has 2 aromatic rings. The van der Waals surface area contributed by atoms with Crippen LogP contribution >= 0.6 is 0 Å². The van der Waals surface area contributed by atoms with Crippen molar-refractivity contribution in [2.75, 3.05) is 19.6 Å². The molecule has 1 saturated carbocycles. The molecule has 1 aliphatic rings. The number of rotatable bonds is 13. The first-order chi connectivity index (χ1) is 16.1. The van der Waals surface area contributed by atoms with E-state index in [9.17, 15) is 9.59 Å². The highest BCUT2D eigenvalue weighted by Gasteiger charge is 2.20. The molecule has 2 amide bonds. The van der Waals surface area contributed by atoms with Gasteiger partial charge in [-0.15, -0.1) is 13.2 Å². The second-order valence-electron chi connectivity index (χ2n) is 8.92. The quantitative estimate of drug-likeness (QED) is 0.357. The number of nitrogens with one attached hydrogen (secondary N) is 1. The van der Waals surface area contributed by atoms with Gasteiger partial charge < -0.3 is 14.8 Å². The third-order valence-corrected chi connectivity index (χ3v) is 6.43. The molecular weight excluding hydrogens is 412 g/mol. The molecule has 1 aromatic carbocycles. The SMILES string of the molecule is C=CCN(CC=C)C(=O)Cn1c(CCCCCNC(=O)C2CCCCC2)nc2ccccc21. The van der Waals surface area contributed by atoms with Gasteiger partial charge in [0.15, 0.2) is 0 Å². The summed E-state index contributed by atoms with van der Waals surface area (Å²) in [6.07, 6.45) is 12.9. The number of aromatic nitrogens is 2. The van der Waals surface area contributed by atoms with Crippen molar-refractivity contribution in [3.63, 3.8) is 0 Å². The molecule has 1 fully saturated rings. The third kappa shape index (κ3) is 7.04. The lowest BCUT2D eigenvalue weighted by Crippen LogP contribution is -2.34. The summed E-state index contributed by atoms with van der Waals surface area (Å²) in [7, 11) is 0. The van der Waals surface area contributed by atoms with Gasteiger partial charge in [-0.25, -0.2) is 4.98 Å². The lowest BCUT2D eigenvalue weighted by Gasteiger charge is -2.20. The molecule has 1 N–H and O–H groups in total. The van der Waals surface area contributed by atoms with Crippen LogP contribution in [0.2, 0.25) is 0 Å². The zero-order chi connectivity index (χ0) is 23.5. The Labute approximate surface area is 197 Å². The number of aryl methyl sites for hydroxylation is 1. The molecule has 1 aliphatic carbocycles. The number of benzene rings is 1. The van der Waals surface area contributed by atoms with E-state index in [0.29, 0.717) is 13.1 Å². The van der Waals surface area contributed by atoms with Crippen LogP contribution in [-0.4, -0.2) is 45.9 Å². The standard InChI is InChI=1S/C27H38N4O2/c1-3-19-30(20-4-2)26(32)21-31-24-16-11-10-15-23(24)29-25(31)17-9-6-12-18-28-27(33)22-13-7-5-8-14-22/h3-4,10-11,15-16,22H,1-2,5-9,12-14,17-21H2,(H,28,33). The first kappa shape index (κ1) is 24.7. The fourth-order valence-corrected chi connectivity index (χ4v) is 4.62. The number of carbonyl (C=O) groups is 2. The van der Waals surface area contributed by atoms with Gasteiger partial charge in [-0.1, -0.05) is 50.0 Å². The molecule has 33 heavy (non-hydrogen) atoms. The first-order valence-corrected chi connectivity index (χ1v) is 12.4. The second kappa shape index (κ2) is 13.0. The summed E-state index contributed by atoms with van der Waals surface area (Å²) in [6, 6.07) is 7.97. The van der Waals surface area contributed by atoms with Crippen molar-refractivity contribution in [1.29, 1.82) is 0 Å². The molecule has 3 rings (SSSR count). The summed E-state index contributed by atoms with van der Waals surface area (Å²) in [5.74, 6) is 1.43. The lowest BCUT2D eigenvalue weighted by molar-refractivity contribution is -0.130. The number of hydrogen-bond donors (Lipinski definition) is 1. The van der Waals surface area contributed by atoms with E-state index in [1.54, 1.807) is 17.1 Å². The van der Waals surface area contributed by atoms with Crippen LogP contribution in [-0.2, 0) is 22.6 Å². The Hall–Kier alpha value is -2.89. The minimum Gasteiger partial charge on any atom is -0.356 e. The van der Waals surface area contributed by atoms with Crippen LogP contribution in [0.3, 0.4) is 0 Å². The molecule has 178 valence electrons. The normalized spacial score (nSPS) is 14.2. The largest absolute Gasteiger partial charge is 0.356 e. The van der Waals surface area contributed by atoms with Crippen molar-refractivity contribution >= 4 is 22.8 Å². The molecule has 0 aliphatic heterocycles. The van der Waals surface area contributed by atoms with E-state index in [4.69, 9.17) is 4.98 Å². The van der Waals surface area contributed by atoms with Crippen LogP contribution in [0.5, 0.6) is 0 Å². The maximum absolute atomic E-state index is 12.9. The minimum atomic E-state index is 0.0321. The van der Waals surface area contributed by atoms with Crippen LogP contribution in [0.15, 0.2) is 49.6 Å². The molecule has 6 nitrogen and oxygen atoms in total. The molecule has 0 bridgehead atoms. The highest BCUT2D eigenvalue weighted by Crippen LogP contribution is 2.23. The molecule has 0 unspecified atom stereocenters. The average molecular weight is 451 g/mol. The summed E-state index contributed by atoms with van der Waals surface area (Å²) in [4.78, 5) is 31.8. The second-order valence-corrected chi connectivity index (χ2v) is 8.92. The van der Waals surface area contributed by atoms with E-state index < -0.39 is 0 Å². The maximum Gasteiger partial charge on any atom is 0.243 e. The van der Waals surface area contributed by atoms with Crippen LogP contribution in [0.25, 0.3) is 11.0 Å². The predicted octanol–water partition coefficient (Wildman–Crippen LogP) is 4.65. The zero-order valence-electron chi connectivity index (χ0n) is 19.8. The van der Waals surface area contributed by atoms with Crippen molar-refractivity contribution in [3.8, 4) is 0 Å². The van der Waals surface area contributed by atoms with E-state index in [2.05, 4.69) is 18.5 Å². The molecule has 1 heterocycles. The molecule has 0 spiro atoms. The third-order valence-electron chi connectivity index (χ3n) is 6.43. The lowest BCUT2D eigenvalue weighted by atomic mass is 9.89. The van der Waals surface area contributed by atoms with E-state index in [1.165, 1.54) is 19.3 Å². The van der Waals surface area contributed by atoms with Crippen molar-refractivity contribution < 1.29 is 9.59 Å². The number of para-hydroxylation sites is 2. The van der Waals surface area contributed by atoms with Gasteiger partial charge in [0.1, 0.15) is 12.4 Å². The van der Waals surface area contributed by atoms with Gasteiger partial charge in [0.05, 0.1) is 11.0 Å². The molecule has 0 atom stereocenters. The van der Waals surface area contributed by atoms with E-state index in [-0.39, 0.29) is 24.3 Å². The average Bonchev–Trinajstić information content (AvgIpc) is 3.18. The molecule has 0 radical (unpaired) electrons. The Bertz CT molecular complexity index is 933. The Kier molecular flexibility index (Phi) is 9.73. The van der Waals surface area contributed by atoms with Crippen molar-refractivity contribution in [3.05, 3.63) is 55.4 Å². The van der Waals surface area contributed by atoms with Crippen LogP contribution in [0, 0.1) is 5.92 Å². The van der Waals surface area contributed by atoms with E-state index in [1.807, 2.05) is 28.8 Å². The summed E-state index contributed by atoms with van der Waals surface area (Å²) in [5, 5.41) is 3.12. The van der Waals surface area contributed by atoms with Gasteiger partial charge in [-0.05, 0) is 37.8 Å². The summed E-state index contributed by atoms with van der Waals surface area (Å²) >= 11 is 0. The summed E-state index contributed by atoms with van der Waals surface area (Å²) in [5.41, 5.74) is 1.90. The summed E-state index contributed by atoms with van der Waals surface area (Å²) in [6.45, 7) is 9.51. The zero-order valence-corrected chi connectivity index (χ0v) is 19.8. The van der Waals surface area contributed by atoms with Crippen LogP contribution in [0.4, 0.5) is 0 Å². The fourth-order valence-electron chi connectivity index (χ4n) is 4.62. The molecule has 6 heteroatoms. The van der Waals surface area contributed by atoms with Gasteiger partial charge in [0.25, 0.3) is 0 Å². The minimum absolute atomic E-state index is 0.0321. The van der Waals surface area contributed by atoms with Crippen LogP contribution < -0.4 is 5.32 Å². The Morgan fingerprint density at radius 1 is 1.06 bits per heavy atom. The Morgan fingerprint density at radius 3 is 2.52 bits per heavy atom. The van der Waals surface area contributed by atoms with Gasteiger partial charge in [-0.2, -0.15) is 0 Å². The molecule has 0 saturated heterocycles. The topological polar surface area (TPSA) is 67.2 Å². The van der Waals surface area contributed by atoms with Gasteiger partial charge in [0, 0.05) is 32.0 Å². The van der Waals surface area contributed by atoms with E-state index in [0.717, 1.165) is 61.9 Å². The van der Waals surface area contributed by atoms with Gasteiger partial charge in [-0.3, -0.25) is 9.59 Å². The number of fused-ring (bicyclic) bond motifs is 1. The number of carbonyl (C=O) groups excluding carboxylic acids is 2. The number of amides is 2. The maximum atomic E-state index is 12.9. The Morgan fingerprint density at radius 2 is 1.79 bits per heavy atom. The summed E-state index contributed by atoms with van der Waals surface area (Å²) < 4.78 is 2.04. The number of imidazole rings is 1. The molecular formula is C27H38N4O2. The van der Waals surface area contributed by atoms with E-state index >= 15 is 0 Å². The molecule has 1 aromatic heterocycles. The number of unbranched alkanes of at least 4 members (excludes halogenated alkanes) is 2. The smallest absolute Gasteiger partial charge is 0.243 e. The fraction of sp³-hybridized carbons (Fsp3) is 0.519. The number of hydrogen-bond acceptors (Lipinski definition) is 3. The van der Waals surface area contributed by atoms with Crippen molar-refractivity contribution in [1.82, 2.24) is 19.8 Å². The van der Waals surface area contributed by atoms with Crippen molar-refractivity contribution in [2.45, 2.75) is 64.3 Å².